The second-order valence-electron chi connectivity index (χ2n) is 7.98. The predicted octanol–water partition coefficient (Wildman–Crippen LogP) is 4.79. The fraction of sp³-hybridized carbons (Fsp3) is 0.192. The first-order valence-corrected chi connectivity index (χ1v) is 10.5. The molecule has 6 heteroatoms. The summed E-state index contributed by atoms with van der Waals surface area (Å²) in [4.78, 5) is 30.6. The van der Waals surface area contributed by atoms with Gasteiger partial charge in [0.1, 0.15) is 12.4 Å². The summed E-state index contributed by atoms with van der Waals surface area (Å²) in [5.74, 6) is 0.928. The molecule has 1 heterocycles. The third-order valence-corrected chi connectivity index (χ3v) is 5.24. The number of nitrogens with zero attached hydrogens (tertiary/aromatic N) is 2. The van der Waals surface area contributed by atoms with Crippen LogP contribution >= 0.6 is 0 Å². The van der Waals surface area contributed by atoms with Crippen LogP contribution in [0.3, 0.4) is 0 Å². The van der Waals surface area contributed by atoms with Gasteiger partial charge in [0.15, 0.2) is 5.82 Å². The van der Waals surface area contributed by atoms with Gasteiger partial charge >= 0.3 is 0 Å². The average molecular weight is 428 g/mol. The Labute approximate surface area is 186 Å². The van der Waals surface area contributed by atoms with Gasteiger partial charge in [-0.05, 0) is 54.3 Å². The van der Waals surface area contributed by atoms with Crippen LogP contribution < -0.4 is 15.7 Å². The van der Waals surface area contributed by atoms with E-state index < -0.39 is 5.91 Å². The van der Waals surface area contributed by atoms with Crippen LogP contribution in [0, 0.1) is 6.92 Å². The van der Waals surface area contributed by atoms with E-state index in [4.69, 9.17) is 4.74 Å². The lowest BCUT2D eigenvalue weighted by atomic mass is 10.0. The number of carbonyl (C=O) groups excluding carboxylic acids is 1. The molecule has 6 nitrogen and oxygen atoms in total. The van der Waals surface area contributed by atoms with Gasteiger partial charge in [-0.15, -0.1) is 0 Å². The van der Waals surface area contributed by atoms with Gasteiger partial charge in [0, 0.05) is 5.56 Å². The molecule has 4 aromatic rings. The van der Waals surface area contributed by atoms with Gasteiger partial charge in [-0.25, -0.2) is 4.98 Å². The third-order valence-electron chi connectivity index (χ3n) is 5.24. The van der Waals surface area contributed by atoms with Crippen LogP contribution in [0.4, 0.5) is 0 Å². The molecular weight excluding hydrogens is 402 g/mol. The fourth-order valence-corrected chi connectivity index (χ4v) is 3.53. The first-order valence-electron chi connectivity index (χ1n) is 10.5. The summed E-state index contributed by atoms with van der Waals surface area (Å²) in [7, 11) is 0. The van der Waals surface area contributed by atoms with Crippen molar-refractivity contribution < 1.29 is 9.53 Å². The molecule has 0 aliphatic rings. The molecule has 0 fully saturated rings. The molecule has 0 unspecified atom stereocenters. The number of aromatic nitrogens is 2. The zero-order chi connectivity index (χ0) is 22.7. The minimum atomic E-state index is -0.399. The molecule has 3 aromatic carbocycles. The van der Waals surface area contributed by atoms with Gasteiger partial charge in [0.05, 0.1) is 10.9 Å². The molecule has 0 bridgehead atoms. The van der Waals surface area contributed by atoms with E-state index in [1.54, 1.807) is 42.5 Å². The lowest BCUT2D eigenvalue weighted by molar-refractivity contribution is 0.100. The number of carbonyl (C=O) groups is 1. The predicted molar refractivity (Wildman–Crippen MR) is 126 cm³/mol. The van der Waals surface area contributed by atoms with Crippen LogP contribution in [0.15, 0.2) is 77.6 Å². The normalized spacial score (nSPS) is 11.0. The van der Waals surface area contributed by atoms with E-state index >= 15 is 0 Å². The number of hydrogen-bond donors (Lipinski definition) is 1. The van der Waals surface area contributed by atoms with Gasteiger partial charge in [-0.2, -0.15) is 4.68 Å². The zero-order valence-electron chi connectivity index (χ0n) is 18.3. The molecule has 0 saturated carbocycles. The first-order chi connectivity index (χ1) is 15.4. The van der Waals surface area contributed by atoms with E-state index in [0.717, 1.165) is 16.9 Å². The minimum Gasteiger partial charge on any atom is -0.485 e. The van der Waals surface area contributed by atoms with Crippen LogP contribution in [0.1, 0.15) is 47.1 Å². The van der Waals surface area contributed by atoms with Gasteiger partial charge in [0.2, 0.25) is 0 Å². The number of ether oxygens (including phenoxy) is 1. The SMILES string of the molecule is Cc1ccc(C(C)C)c(OCc2nc3ccccc3c(=O)n2NC(=O)c2ccccc2)c1. The zero-order valence-corrected chi connectivity index (χ0v) is 18.3. The van der Waals surface area contributed by atoms with Gasteiger partial charge in [0.25, 0.3) is 11.5 Å². The van der Waals surface area contributed by atoms with Crippen molar-refractivity contribution in [3.05, 3.63) is 106 Å². The summed E-state index contributed by atoms with van der Waals surface area (Å²) in [5.41, 5.74) is 5.48. The molecule has 1 N–H and O–H groups in total. The fourth-order valence-electron chi connectivity index (χ4n) is 3.53. The molecule has 0 spiro atoms. The van der Waals surface area contributed by atoms with Crippen molar-refractivity contribution in [3.8, 4) is 5.75 Å². The Morgan fingerprint density at radius 1 is 1.03 bits per heavy atom. The highest BCUT2D eigenvalue weighted by molar-refractivity contribution is 6.00. The summed E-state index contributed by atoms with van der Waals surface area (Å²) in [6.45, 7) is 6.23. The Balaban J connectivity index is 1.73. The second-order valence-corrected chi connectivity index (χ2v) is 7.98. The highest BCUT2D eigenvalue weighted by atomic mass is 16.5. The van der Waals surface area contributed by atoms with Gasteiger partial charge in [-0.3, -0.25) is 15.0 Å². The van der Waals surface area contributed by atoms with Crippen molar-refractivity contribution >= 4 is 16.8 Å². The van der Waals surface area contributed by atoms with Crippen molar-refractivity contribution in [1.29, 1.82) is 0 Å². The number of nitrogens with one attached hydrogen (secondary N) is 1. The third kappa shape index (κ3) is 4.39. The topological polar surface area (TPSA) is 73.2 Å². The lowest BCUT2D eigenvalue weighted by Gasteiger charge is -2.17. The summed E-state index contributed by atoms with van der Waals surface area (Å²) in [6, 6.07) is 21.9. The maximum absolute atomic E-state index is 13.2. The Bertz CT molecular complexity index is 1330. The average Bonchev–Trinajstić information content (AvgIpc) is 2.80. The van der Waals surface area contributed by atoms with Crippen LogP contribution in [-0.4, -0.2) is 15.6 Å². The first kappa shape index (κ1) is 21.3. The Hall–Kier alpha value is -3.93. The molecule has 1 aromatic heterocycles. The van der Waals surface area contributed by atoms with E-state index in [-0.39, 0.29) is 18.1 Å². The summed E-state index contributed by atoms with van der Waals surface area (Å²) in [6.07, 6.45) is 0. The van der Waals surface area contributed by atoms with Crippen molar-refractivity contribution in [2.45, 2.75) is 33.3 Å². The Morgan fingerprint density at radius 2 is 1.75 bits per heavy atom. The number of hydrogen-bond acceptors (Lipinski definition) is 4. The van der Waals surface area contributed by atoms with Crippen molar-refractivity contribution in [3.63, 3.8) is 0 Å². The number of aryl methyl sites for hydroxylation is 1. The largest absolute Gasteiger partial charge is 0.485 e. The quantitative estimate of drug-likeness (QED) is 0.480. The number of para-hydroxylation sites is 1. The molecular formula is C26H25N3O3. The van der Waals surface area contributed by atoms with E-state index in [1.807, 2.05) is 37.3 Å². The van der Waals surface area contributed by atoms with Gasteiger partial charge in [-0.1, -0.05) is 56.3 Å². The molecule has 1 amide bonds. The maximum Gasteiger partial charge on any atom is 0.280 e. The molecule has 32 heavy (non-hydrogen) atoms. The van der Waals surface area contributed by atoms with E-state index in [0.29, 0.717) is 22.3 Å². The lowest BCUT2D eigenvalue weighted by Crippen LogP contribution is -2.37. The van der Waals surface area contributed by atoms with E-state index in [1.165, 1.54) is 4.68 Å². The molecule has 0 aliphatic carbocycles. The summed E-state index contributed by atoms with van der Waals surface area (Å²) in [5, 5.41) is 0.419. The van der Waals surface area contributed by atoms with Crippen LogP contribution in [0.5, 0.6) is 5.75 Å². The summed E-state index contributed by atoms with van der Waals surface area (Å²) < 4.78 is 7.31. The monoisotopic (exact) mass is 427 g/mol. The molecule has 0 aliphatic heterocycles. The molecule has 0 radical (unpaired) electrons. The van der Waals surface area contributed by atoms with Crippen LogP contribution in [-0.2, 0) is 6.61 Å². The number of rotatable bonds is 6. The van der Waals surface area contributed by atoms with E-state index in [9.17, 15) is 9.59 Å². The number of benzene rings is 3. The Kier molecular flexibility index (Phi) is 6.03. The van der Waals surface area contributed by atoms with E-state index in [2.05, 4.69) is 24.3 Å². The van der Waals surface area contributed by atoms with Crippen molar-refractivity contribution in [1.82, 2.24) is 9.66 Å². The van der Waals surface area contributed by atoms with Crippen LogP contribution in [0.25, 0.3) is 10.9 Å². The number of fused-ring (bicyclic) bond motifs is 1. The van der Waals surface area contributed by atoms with Gasteiger partial charge < -0.3 is 4.74 Å². The standard InChI is InChI=1S/C26H25N3O3/c1-17(2)20-14-13-18(3)15-23(20)32-16-24-27-22-12-8-7-11-21(22)26(31)29(24)28-25(30)19-9-5-4-6-10-19/h4-15,17H,16H2,1-3H3,(H,28,30). The molecule has 162 valence electrons. The smallest absolute Gasteiger partial charge is 0.280 e. The molecule has 4 rings (SSSR count). The highest BCUT2D eigenvalue weighted by Crippen LogP contribution is 2.28. The summed E-state index contributed by atoms with van der Waals surface area (Å²) >= 11 is 0. The molecule has 0 saturated heterocycles. The second kappa shape index (κ2) is 9.06. The minimum absolute atomic E-state index is 0.0261. The number of amides is 1. The molecule has 0 atom stereocenters. The van der Waals surface area contributed by atoms with Crippen molar-refractivity contribution in [2.24, 2.45) is 0 Å². The Morgan fingerprint density at radius 3 is 2.50 bits per heavy atom. The highest BCUT2D eigenvalue weighted by Gasteiger charge is 2.16. The maximum atomic E-state index is 13.2. The van der Waals surface area contributed by atoms with Crippen molar-refractivity contribution in [2.75, 3.05) is 5.43 Å². The van der Waals surface area contributed by atoms with Crippen LogP contribution in [0.2, 0.25) is 0 Å².